The number of aliphatic carboxylic acids is 1. The van der Waals surface area contributed by atoms with Gasteiger partial charge < -0.3 is 14.7 Å². The number of benzene rings is 2. The Kier molecular flexibility index (Phi) is 3.92. The molecule has 0 radical (unpaired) electrons. The molecule has 5 nitrogen and oxygen atoms in total. The van der Waals surface area contributed by atoms with E-state index in [0.29, 0.717) is 37.4 Å². The highest BCUT2D eigenvalue weighted by Crippen LogP contribution is 2.44. The summed E-state index contributed by atoms with van der Waals surface area (Å²) < 4.78 is 5.95. The summed E-state index contributed by atoms with van der Waals surface area (Å²) in [6.45, 7) is 0.967. The van der Waals surface area contributed by atoms with Gasteiger partial charge in [-0.25, -0.2) is 0 Å². The van der Waals surface area contributed by atoms with Gasteiger partial charge in [-0.15, -0.1) is 0 Å². The van der Waals surface area contributed by atoms with E-state index in [2.05, 4.69) is 0 Å². The second-order valence-corrected chi connectivity index (χ2v) is 6.55. The monoisotopic (exact) mass is 337 g/mol. The number of nitrogens with zero attached hydrogens (tertiary/aromatic N) is 1. The number of carboxylic acid groups (broad SMARTS) is 1. The van der Waals surface area contributed by atoms with E-state index in [4.69, 9.17) is 9.84 Å². The summed E-state index contributed by atoms with van der Waals surface area (Å²) in [6, 6.07) is 15.2. The molecule has 128 valence electrons. The van der Waals surface area contributed by atoms with E-state index in [1.54, 1.807) is 4.90 Å². The third kappa shape index (κ3) is 2.76. The van der Waals surface area contributed by atoms with Crippen LogP contribution in [0.3, 0.4) is 0 Å². The number of likely N-dealkylation sites (tertiary alicyclic amines) is 1. The molecular formula is C20H19NO4. The molecular weight excluding hydrogens is 318 g/mol. The minimum absolute atomic E-state index is 0.0204. The van der Waals surface area contributed by atoms with Crippen molar-refractivity contribution in [3.05, 3.63) is 59.7 Å². The molecule has 0 spiro atoms. The number of hydrogen-bond donors (Lipinski definition) is 1. The van der Waals surface area contributed by atoms with Gasteiger partial charge in [0.1, 0.15) is 11.5 Å². The molecule has 5 heteroatoms. The third-order valence-electron chi connectivity index (χ3n) is 5.08. The molecule has 2 aliphatic heterocycles. The Balaban J connectivity index is 1.66. The number of fused-ring (bicyclic) bond motifs is 2. The number of hydrogen-bond acceptors (Lipinski definition) is 3. The lowest BCUT2D eigenvalue weighted by Gasteiger charge is -2.35. The van der Waals surface area contributed by atoms with E-state index in [-0.39, 0.29) is 11.8 Å². The van der Waals surface area contributed by atoms with Crippen LogP contribution in [0.25, 0.3) is 0 Å². The number of carboxylic acids is 1. The summed E-state index contributed by atoms with van der Waals surface area (Å²) in [5.74, 6) is -0.0818. The number of amides is 1. The largest absolute Gasteiger partial charge is 0.481 e. The average molecular weight is 337 g/mol. The molecule has 0 aliphatic carbocycles. The fraction of sp³-hybridized carbons (Fsp3) is 0.300. The van der Waals surface area contributed by atoms with Crippen LogP contribution in [-0.4, -0.2) is 35.0 Å². The molecule has 0 bridgehead atoms. The van der Waals surface area contributed by atoms with Gasteiger partial charge in [0.05, 0.1) is 11.8 Å². The van der Waals surface area contributed by atoms with Crippen molar-refractivity contribution in [3.63, 3.8) is 0 Å². The van der Waals surface area contributed by atoms with E-state index >= 15 is 0 Å². The molecule has 2 heterocycles. The predicted molar refractivity (Wildman–Crippen MR) is 91.7 cm³/mol. The van der Waals surface area contributed by atoms with Crippen molar-refractivity contribution in [2.45, 2.75) is 18.8 Å². The van der Waals surface area contributed by atoms with Crippen LogP contribution in [0.5, 0.6) is 11.5 Å². The lowest BCUT2D eigenvalue weighted by atomic mass is 9.86. The first-order chi connectivity index (χ1) is 12.1. The van der Waals surface area contributed by atoms with E-state index in [0.717, 1.165) is 11.1 Å². The summed E-state index contributed by atoms with van der Waals surface area (Å²) in [6.07, 6.45) is 1.02. The second kappa shape index (κ2) is 6.24. The number of piperidine rings is 1. The van der Waals surface area contributed by atoms with Gasteiger partial charge in [-0.2, -0.15) is 0 Å². The summed E-state index contributed by atoms with van der Waals surface area (Å²) in [5, 5.41) is 9.15. The fourth-order valence-electron chi connectivity index (χ4n) is 3.71. The molecule has 0 atom stereocenters. The maximum absolute atomic E-state index is 13.3. The summed E-state index contributed by atoms with van der Waals surface area (Å²) in [4.78, 5) is 26.2. The van der Waals surface area contributed by atoms with Gasteiger partial charge in [0.2, 0.25) is 5.91 Å². The Morgan fingerprint density at radius 1 is 0.920 bits per heavy atom. The highest BCUT2D eigenvalue weighted by Gasteiger charge is 2.37. The zero-order valence-corrected chi connectivity index (χ0v) is 13.7. The van der Waals surface area contributed by atoms with Crippen LogP contribution in [0.2, 0.25) is 0 Å². The molecule has 1 saturated heterocycles. The van der Waals surface area contributed by atoms with Gasteiger partial charge in [0.25, 0.3) is 0 Å². The maximum atomic E-state index is 13.3. The Morgan fingerprint density at radius 2 is 1.44 bits per heavy atom. The predicted octanol–water partition coefficient (Wildman–Crippen LogP) is 3.25. The van der Waals surface area contributed by atoms with Crippen LogP contribution in [0.4, 0.5) is 0 Å². The lowest BCUT2D eigenvalue weighted by Crippen LogP contribution is -2.43. The first kappa shape index (κ1) is 15.7. The summed E-state index contributed by atoms with van der Waals surface area (Å²) >= 11 is 0. The van der Waals surface area contributed by atoms with Crippen LogP contribution in [0, 0.1) is 5.92 Å². The molecule has 1 amide bonds. The third-order valence-corrected chi connectivity index (χ3v) is 5.08. The highest BCUT2D eigenvalue weighted by atomic mass is 16.5. The number of ether oxygens (including phenoxy) is 1. The molecule has 1 N–H and O–H groups in total. The van der Waals surface area contributed by atoms with Crippen LogP contribution >= 0.6 is 0 Å². The first-order valence-electron chi connectivity index (χ1n) is 8.52. The van der Waals surface area contributed by atoms with Crippen LogP contribution in [-0.2, 0) is 9.59 Å². The SMILES string of the molecule is O=C(O)C1CCN(C(=O)C2c3ccccc3Oc3ccccc32)CC1. The van der Waals surface area contributed by atoms with Crippen molar-refractivity contribution >= 4 is 11.9 Å². The number of rotatable bonds is 2. The molecule has 2 aromatic carbocycles. The van der Waals surface area contributed by atoms with E-state index in [1.165, 1.54) is 0 Å². The van der Waals surface area contributed by atoms with E-state index in [1.807, 2.05) is 48.5 Å². The Morgan fingerprint density at radius 3 is 1.96 bits per heavy atom. The van der Waals surface area contributed by atoms with Gasteiger partial charge in [0, 0.05) is 24.2 Å². The van der Waals surface area contributed by atoms with Crippen molar-refractivity contribution < 1.29 is 19.4 Å². The molecule has 0 aromatic heterocycles. The van der Waals surface area contributed by atoms with Crippen LogP contribution < -0.4 is 4.74 Å². The van der Waals surface area contributed by atoms with Crippen molar-refractivity contribution in [1.82, 2.24) is 4.90 Å². The smallest absolute Gasteiger partial charge is 0.306 e. The molecule has 4 rings (SSSR count). The Labute approximate surface area is 145 Å². The van der Waals surface area contributed by atoms with E-state index < -0.39 is 11.9 Å². The van der Waals surface area contributed by atoms with Gasteiger partial charge in [0.15, 0.2) is 0 Å². The zero-order valence-electron chi connectivity index (χ0n) is 13.7. The minimum atomic E-state index is -0.770. The zero-order chi connectivity index (χ0) is 17.4. The molecule has 0 saturated carbocycles. The first-order valence-corrected chi connectivity index (χ1v) is 8.52. The Hall–Kier alpha value is -2.82. The van der Waals surface area contributed by atoms with Gasteiger partial charge >= 0.3 is 5.97 Å². The second-order valence-electron chi connectivity index (χ2n) is 6.55. The molecule has 25 heavy (non-hydrogen) atoms. The molecule has 2 aliphatic rings. The lowest BCUT2D eigenvalue weighted by molar-refractivity contribution is -0.145. The molecule has 0 unspecified atom stereocenters. The van der Waals surface area contributed by atoms with Crippen molar-refractivity contribution in [1.29, 1.82) is 0 Å². The van der Waals surface area contributed by atoms with E-state index in [9.17, 15) is 9.59 Å². The topological polar surface area (TPSA) is 66.8 Å². The van der Waals surface area contributed by atoms with Crippen LogP contribution in [0.1, 0.15) is 29.9 Å². The van der Waals surface area contributed by atoms with Crippen LogP contribution in [0.15, 0.2) is 48.5 Å². The highest BCUT2D eigenvalue weighted by molar-refractivity contribution is 5.90. The quantitative estimate of drug-likeness (QED) is 0.913. The van der Waals surface area contributed by atoms with Gasteiger partial charge in [-0.05, 0) is 25.0 Å². The molecule has 2 aromatic rings. The van der Waals surface area contributed by atoms with Crippen molar-refractivity contribution in [2.75, 3.05) is 13.1 Å². The molecule has 1 fully saturated rings. The average Bonchev–Trinajstić information content (AvgIpc) is 2.65. The normalized spacial score (nSPS) is 17.4. The summed E-state index contributed by atoms with van der Waals surface area (Å²) in [7, 11) is 0. The maximum Gasteiger partial charge on any atom is 0.306 e. The number of carbonyl (C=O) groups is 2. The van der Waals surface area contributed by atoms with Crippen molar-refractivity contribution in [3.8, 4) is 11.5 Å². The number of carbonyl (C=O) groups excluding carboxylic acids is 1. The fourth-order valence-corrected chi connectivity index (χ4v) is 3.71. The van der Waals surface area contributed by atoms with Gasteiger partial charge in [-0.1, -0.05) is 36.4 Å². The Bertz CT molecular complexity index is 778. The summed E-state index contributed by atoms with van der Waals surface area (Å²) in [5.41, 5.74) is 1.73. The number of para-hydroxylation sites is 2. The minimum Gasteiger partial charge on any atom is -0.481 e. The van der Waals surface area contributed by atoms with Crippen molar-refractivity contribution in [2.24, 2.45) is 5.92 Å². The standard InChI is InChI=1S/C20H19NO4/c22-19(21-11-9-13(10-12-21)20(23)24)18-14-5-1-3-7-16(14)25-17-8-4-2-6-15(17)18/h1-8,13,18H,9-12H2,(H,23,24). The van der Waals surface area contributed by atoms with Gasteiger partial charge in [-0.3, -0.25) is 9.59 Å².